The summed E-state index contributed by atoms with van der Waals surface area (Å²) in [6.45, 7) is 0. The number of rotatable bonds is 1. The third kappa shape index (κ3) is 1.15. The highest BCUT2D eigenvalue weighted by molar-refractivity contribution is 5.89. The predicted molar refractivity (Wildman–Crippen MR) is 86.2 cm³/mol. The number of carbonyl (C=O) groups is 1. The maximum atomic E-state index is 12.4. The second kappa shape index (κ2) is 3.95. The van der Waals surface area contributed by atoms with Gasteiger partial charge in [-0.3, -0.25) is 0 Å². The van der Waals surface area contributed by atoms with Gasteiger partial charge in [0.1, 0.15) is 11.7 Å². The smallest absolute Gasteiger partial charge is 0.139 e. The normalized spacial score (nSPS) is 23.4. The van der Waals surface area contributed by atoms with E-state index in [2.05, 4.69) is 54.6 Å². The van der Waals surface area contributed by atoms with Gasteiger partial charge in [-0.05, 0) is 33.4 Å². The summed E-state index contributed by atoms with van der Waals surface area (Å²) in [6, 6.07) is 25.2. The molecule has 0 heterocycles. The van der Waals surface area contributed by atoms with E-state index in [9.17, 15) is 4.79 Å². The molecule has 22 heavy (non-hydrogen) atoms. The van der Waals surface area contributed by atoms with Crippen molar-refractivity contribution in [1.82, 2.24) is 0 Å². The van der Waals surface area contributed by atoms with Crippen LogP contribution in [0.15, 0.2) is 72.8 Å². The fraction of sp³-hybridized carbons (Fsp3) is 0.0952. The molecule has 0 amide bonds. The molecule has 104 valence electrons. The quantitative estimate of drug-likeness (QED) is 0.616. The molecule has 0 saturated heterocycles. The second-order valence-corrected chi connectivity index (χ2v) is 6.12. The largest absolute Gasteiger partial charge is 0.302 e. The second-order valence-electron chi connectivity index (χ2n) is 6.12. The Bertz CT molecular complexity index is 807. The van der Waals surface area contributed by atoms with Crippen molar-refractivity contribution in [1.29, 1.82) is 0 Å². The Balaban J connectivity index is 2.03. The zero-order valence-electron chi connectivity index (χ0n) is 12.0. The number of aldehydes is 1. The molecule has 1 nitrogen and oxygen atoms in total. The van der Waals surface area contributed by atoms with E-state index in [0.717, 1.165) is 23.0 Å². The highest BCUT2D eigenvalue weighted by atomic mass is 16.1. The van der Waals surface area contributed by atoms with Crippen LogP contribution in [0.1, 0.15) is 39.3 Å². The lowest BCUT2D eigenvalue weighted by atomic mass is 9.53. The van der Waals surface area contributed by atoms with Gasteiger partial charge in [-0.15, -0.1) is 0 Å². The maximum Gasteiger partial charge on any atom is 0.139 e. The van der Waals surface area contributed by atoms with Crippen LogP contribution in [0.3, 0.4) is 0 Å². The van der Waals surface area contributed by atoms with Gasteiger partial charge in [0.25, 0.3) is 0 Å². The minimum absolute atomic E-state index is 0.241. The van der Waals surface area contributed by atoms with Crippen molar-refractivity contribution in [3.05, 3.63) is 106 Å². The van der Waals surface area contributed by atoms with Crippen molar-refractivity contribution in [2.75, 3.05) is 0 Å². The standard InChI is InChI=1S/C21H14O/c22-13-21-17-10-4-1-7-14(17)20(15-8-2-5-11-18(15)21)16-9-3-6-12-19(16)21/h1-13,20H. The molecule has 1 heteroatoms. The van der Waals surface area contributed by atoms with E-state index < -0.39 is 5.41 Å². The Labute approximate surface area is 129 Å². The maximum absolute atomic E-state index is 12.4. The molecule has 2 bridgehead atoms. The first-order valence-electron chi connectivity index (χ1n) is 7.62. The summed E-state index contributed by atoms with van der Waals surface area (Å²) >= 11 is 0. The van der Waals surface area contributed by atoms with E-state index >= 15 is 0 Å². The van der Waals surface area contributed by atoms with Gasteiger partial charge in [-0.1, -0.05) is 72.8 Å². The van der Waals surface area contributed by atoms with Crippen LogP contribution in [0.4, 0.5) is 0 Å². The van der Waals surface area contributed by atoms with E-state index in [-0.39, 0.29) is 5.92 Å². The Morgan fingerprint density at radius 2 is 1.00 bits per heavy atom. The number of benzene rings is 3. The van der Waals surface area contributed by atoms with Crippen LogP contribution >= 0.6 is 0 Å². The van der Waals surface area contributed by atoms with Crippen molar-refractivity contribution < 1.29 is 4.79 Å². The number of carbonyl (C=O) groups excluding carboxylic acids is 1. The van der Waals surface area contributed by atoms with Crippen LogP contribution in [0, 0.1) is 0 Å². The monoisotopic (exact) mass is 282 g/mol. The van der Waals surface area contributed by atoms with E-state index in [1.807, 2.05) is 18.2 Å². The van der Waals surface area contributed by atoms with Gasteiger partial charge >= 0.3 is 0 Å². The van der Waals surface area contributed by atoms with Gasteiger partial charge in [0, 0.05) is 5.92 Å². The molecule has 0 fully saturated rings. The SMILES string of the molecule is O=CC12c3ccccc3C(c3ccccc31)c1ccccc12. The van der Waals surface area contributed by atoms with Crippen LogP contribution in [0.5, 0.6) is 0 Å². The van der Waals surface area contributed by atoms with Crippen molar-refractivity contribution in [2.24, 2.45) is 0 Å². The third-order valence-corrected chi connectivity index (χ3v) is 5.27. The van der Waals surface area contributed by atoms with Crippen LogP contribution in [0.25, 0.3) is 0 Å². The summed E-state index contributed by atoms with van der Waals surface area (Å²) in [7, 11) is 0. The zero-order valence-corrected chi connectivity index (χ0v) is 12.0. The summed E-state index contributed by atoms with van der Waals surface area (Å²) in [5.74, 6) is 0.241. The molecular formula is C21H14O. The van der Waals surface area contributed by atoms with Gasteiger partial charge in [0.2, 0.25) is 0 Å². The van der Waals surface area contributed by atoms with Crippen molar-refractivity contribution in [3.63, 3.8) is 0 Å². The topological polar surface area (TPSA) is 17.1 Å². The fourth-order valence-corrected chi connectivity index (χ4v) is 4.45. The molecule has 0 spiro atoms. The molecule has 0 unspecified atom stereocenters. The van der Waals surface area contributed by atoms with Crippen molar-refractivity contribution >= 4 is 6.29 Å². The van der Waals surface area contributed by atoms with E-state index in [0.29, 0.717) is 0 Å². The van der Waals surface area contributed by atoms with Crippen molar-refractivity contribution in [3.8, 4) is 0 Å². The Hall–Kier alpha value is -2.67. The molecular weight excluding hydrogens is 268 g/mol. The fourth-order valence-electron chi connectivity index (χ4n) is 4.45. The average Bonchev–Trinajstić information content (AvgIpc) is 2.61. The molecule has 0 atom stereocenters. The molecule has 3 aliphatic carbocycles. The number of hydrogen-bond acceptors (Lipinski definition) is 1. The van der Waals surface area contributed by atoms with Gasteiger partial charge in [-0.25, -0.2) is 0 Å². The lowest BCUT2D eigenvalue weighted by molar-refractivity contribution is -0.110. The van der Waals surface area contributed by atoms with E-state index in [1.54, 1.807) is 0 Å². The zero-order chi connectivity index (χ0) is 14.7. The third-order valence-electron chi connectivity index (χ3n) is 5.27. The molecule has 3 aromatic rings. The Kier molecular flexibility index (Phi) is 2.14. The Morgan fingerprint density at radius 1 is 0.636 bits per heavy atom. The molecule has 0 aliphatic heterocycles. The summed E-state index contributed by atoms with van der Waals surface area (Å²) in [5, 5.41) is 0. The Morgan fingerprint density at radius 3 is 1.36 bits per heavy atom. The van der Waals surface area contributed by atoms with Gasteiger partial charge in [0.15, 0.2) is 0 Å². The number of hydrogen-bond donors (Lipinski definition) is 0. The minimum atomic E-state index is -0.654. The first-order valence-corrected chi connectivity index (χ1v) is 7.62. The highest BCUT2D eigenvalue weighted by Crippen LogP contribution is 2.57. The molecule has 3 aliphatic rings. The van der Waals surface area contributed by atoms with Crippen molar-refractivity contribution in [2.45, 2.75) is 11.3 Å². The van der Waals surface area contributed by atoms with Crippen LogP contribution in [0.2, 0.25) is 0 Å². The lowest BCUT2D eigenvalue weighted by Crippen LogP contribution is -2.43. The van der Waals surface area contributed by atoms with E-state index in [4.69, 9.17) is 0 Å². The molecule has 0 saturated carbocycles. The molecule has 0 aromatic heterocycles. The molecule has 6 rings (SSSR count). The highest BCUT2D eigenvalue weighted by Gasteiger charge is 2.51. The van der Waals surface area contributed by atoms with Gasteiger partial charge in [0.05, 0.1) is 0 Å². The van der Waals surface area contributed by atoms with Gasteiger partial charge in [-0.2, -0.15) is 0 Å². The van der Waals surface area contributed by atoms with Crippen LogP contribution < -0.4 is 0 Å². The molecule has 0 radical (unpaired) electrons. The summed E-state index contributed by atoms with van der Waals surface area (Å²) in [6.07, 6.45) is 1.14. The van der Waals surface area contributed by atoms with Crippen LogP contribution in [-0.2, 0) is 10.2 Å². The first-order chi connectivity index (χ1) is 10.9. The lowest BCUT2D eigenvalue weighted by Gasteiger charge is -2.47. The van der Waals surface area contributed by atoms with Gasteiger partial charge < -0.3 is 4.79 Å². The molecule has 3 aromatic carbocycles. The summed E-state index contributed by atoms with van der Waals surface area (Å²) in [4.78, 5) is 12.4. The van der Waals surface area contributed by atoms with Crippen LogP contribution in [-0.4, -0.2) is 6.29 Å². The average molecular weight is 282 g/mol. The minimum Gasteiger partial charge on any atom is -0.302 e. The summed E-state index contributed by atoms with van der Waals surface area (Å²) < 4.78 is 0. The molecule has 0 N–H and O–H groups in total. The van der Waals surface area contributed by atoms with E-state index in [1.165, 1.54) is 16.7 Å². The summed E-state index contributed by atoms with van der Waals surface area (Å²) in [5.41, 5.74) is 6.59. The first kappa shape index (κ1) is 11.9. The predicted octanol–water partition coefficient (Wildman–Crippen LogP) is 4.03.